The van der Waals surface area contributed by atoms with Crippen LogP contribution in [-0.4, -0.2) is 43.1 Å². The zero-order valence-corrected chi connectivity index (χ0v) is 12.5. The molecule has 0 bridgehead atoms. The molecule has 1 aromatic carbocycles. The number of rotatable bonds is 4. The molecule has 1 aliphatic rings. The van der Waals surface area contributed by atoms with Crippen LogP contribution in [0.1, 0.15) is 5.56 Å². The Kier molecular flexibility index (Phi) is 4.82. The highest BCUT2D eigenvalue weighted by molar-refractivity contribution is 5.83. The monoisotopic (exact) mass is 330 g/mol. The summed E-state index contributed by atoms with van der Waals surface area (Å²) >= 11 is 0. The van der Waals surface area contributed by atoms with Crippen LogP contribution >= 0.6 is 0 Å². The fraction of sp³-hybridized carbons (Fsp3) is 0.467. The molecule has 2 atom stereocenters. The van der Waals surface area contributed by atoms with Gasteiger partial charge in [-0.1, -0.05) is 18.2 Å². The molecule has 126 valence electrons. The van der Waals surface area contributed by atoms with E-state index in [-0.39, 0.29) is 13.0 Å². The molecule has 5 nitrogen and oxygen atoms in total. The number of primary amides is 1. The molecule has 8 heteroatoms. The third-order valence-corrected chi connectivity index (χ3v) is 3.99. The molecule has 1 aromatic rings. The lowest BCUT2D eigenvalue weighted by Gasteiger charge is -2.19. The Morgan fingerprint density at radius 1 is 1.30 bits per heavy atom. The average molecular weight is 330 g/mol. The molecule has 0 aliphatic carbocycles. The van der Waals surface area contributed by atoms with Crippen molar-refractivity contribution in [3.05, 3.63) is 29.8 Å². The van der Waals surface area contributed by atoms with Gasteiger partial charge in [-0.25, -0.2) is 0 Å². The number of carbonyl (C=O) groups excluding carboxylic acids is 2. The lowest BCUT2D eigenvalue weighted by molar-refractivity contribution is -0.182. The summed E-state index contributed by atoms with van der Waals surface area (Å²) in [5.74, 6) is -4.37. The van der Waals surface area contributed by atoms with E-state index in [9.17, 15) is 22.8 Å². The number of nitrogens with two attached hydrogens (primary N) is 1. The number of methoxy groups -OCH3 is 1. The first-order valence-electron chi connectivity index (χ1n) is 6.99. The first-order valence-corrected chi connectivity index (χ1v) is 6.99. The second-order valence-corrected chi connectivity index (χ2v) is 5.44. The third-order valence-electron chi connectivity index (χ3n) is 3.99. The van der Waals surface area contributed by atoms with Crippen molar-refractivity contribution in [2.24, 2.45) is 17.6 Å². The van der Waals surface area contributed by atoms with Crippen LogP contribution in [-0.2, 0) is 16.0 Å². The van der Waals surface area contributed by atoms with Crippen molar-refractivity contribution in [3.8, 4) is 5.75 Å². The van der Waals surface area contributed by atoms with Gasteiger partial charge in [0.15, 0.2) is 0 Å². The van der Waals surface area contributed by atoms with E-state index in [1.54, 1.807) is 24.3 Å². The van der Waals surface area contributed by atoms with Crippen LogP contribution in [0.5, 0.6) is 5.75 Å². The topological polar surface area (TPSA) is 72.6 Å². The maximum absolute atomic E-state index is 13.0. The number of nitrogens with zero attached hydrogens (tertiary/aromatic N) is 1. The summed E-state index contributed by atoms with van der Waals surface area (Å²) in [6, 6.07) is 6.77. The van der Waals surface area contributed by atoms with Crippen LogP contribution in [0.25, 0.3) is 0 Å². The quantitative estimate of drug-likeness (QED) is 0.906. The number of halogens is 3. The molecule has 2 N–H and O–H groups in total. The highest BCUT2D eigenvalue weighted by atomic mass is 19.4. The first kappa shape index (κ1) is 17.1. The van der Waals surface area contributed by atoms with Crippen LogP contribution in [0, 0.1) is 11.8 Å². The standard InChI is InChI=1S/C15H17F3N2O3/c1-23-12-5-3-2-4-9(12)6-13(21)20-7-10(14(19)22)11(8-20)15(16,17)18/h2-5,10-11H,6-8H2,1H3,(H2,19,22)/t10-,11-/m0/s1. The predicted molar refractivity (Wildman–Crippen MR) is 75.5 cm³/mol. The van der Waals surface area contributed by atoms with Gasteiger partial charge in [0.25, 0.3) is 0 Å². The summed E-state index contributed by atoms with van der Waals surface area (Å²) in [5.41, 5.74) is 5.62. The Morgan fingerprint density at radius 3 is 2.48 bits per heavy atom. The number of alkyl halides is 3. The van der Waals surface area contributed by atoms with Gasteiger partial charge in [-0.15, -0.1) is 0 Å². The summed E-state index contributed by atoms with van der Waals surface area (Å²) in [5, 5.41) is 0. The average Bonchev–Trinajstić information content (AvgIpc) is 2.93. The Labute approximate surface area is 131 Å². The molecule has 1 fully saturated rings. The third kappa shape index (κ3) is 3.75. The van der Waals surface area contributed by atoms with Crippen molar-refractivity contribution in [2.45, 2.75) is 12.6 Å². The van der Waals surface area contributed by atoms with Gasteiger partial charge >= 0.3 is 6.18 Å². The number of hydrogen-bond donors (Lipinski definition) is 1. The van der Waals surface area contributed by atoms with Gasteiger partial charge in [-0.3, -0.25) is 9.59 Å². The van der Waals surface area contributed by atoms with E-state index >= 15 is 0 Å². The first-order chi connectivity index (χ1) is 10.7. The molecule has 23 heavy (non-hydrogen) atoms. The number of para-hydroxylation sites is 1. The molecule has 0 saturated carbocycles. The molecule has 0 unspecified atom stereocenters. The van der Waals surface area contributed by atoms with E-state index in [0.29, 0.717) is 11.3 Å². The number of benzene rings is 1. The van der Waals surface area contributed by atoms with Crippen molar-refractivity contribution in [2.75, 3.05) is 20.2 Å². The summed E-state index contributed by atoms with van der Waals surface area (Å²) < 4.78 is 44.1. The second kappa shape index (κ2) is 6.47. The number of ether oxygens (including phenoxy) is 1. The molecule has 0 aromatic heterocycles. The van der Waals surface area contributed by atoms with Crippen LogP contribution in [0.15, 0.2) is 24.3 Å². The summed E-state index contributed by atoms with van der Waals surface area (Å²) in [6.07, 6.45) is -4.67. The van der Waals surface area contributed by atoms with Crippen molar-refractivity contribution in [1.29, 1.82) is 0 Å². The van der Waals surface area contributed by atoms with E-state index in [1.165, 1.54) is 7.11 Å². The SMILES string of the molecule is COc1ccccc1CC(=O)N1C[C@H](C(N)=O)[C@@H](C(F)(F)F)C1. The van der Waals surface area contributed by atoms with Crippen LogP contribution in [0.2, 0.25) is 0 Å². The minimum Gasteiger partial charge on any atom is -0.496 e. The Morgan fingerprint density at radius 2 is 1.96 bits per heavy atom. The molecule has 1 heterocycles. The smallest absolute Gasteiger partial charge is 0.394 e. The summed E-state index contributed by atoms with van der Waals surface area (Å²) in [6.45, 7) is -0.863. The Balaban J connectivity index is 2.13. The molecule has 1 aliphatic heterocycles. The molecular weight excluding hydrogens is 313 g/mol. The predicted octanol–water partition coefficient (Wildman–Crippen LogP) is 1.36. The molecule has 2 rings (SSSR count). The summed E-state index contributed by atoms with van der Waals surface area (Å²) in [7, 11) is 1.45. The van der Waals surface area contributed by atoms with Gasteiger partial charge in [0.05, 0.1) is 25.4 Å². The van der Waals surface area contributed by atoms with Gasteiger partial charge in [0.1, 0.15) is 5.75 Å². The van der Waals surface area contributed by atoms with Gasteiger partial charge in [0.2, 0.25) is 11.8 Å². The minimum absolute atomic E-state index is 0.0972. The fourth-order valence-electron chi connectivity index (χ4n) is 2.75. The van der Waals surface area contributed by atoms with Gasteiger partial charge < -0.3 is 15.4 Å². The van der Waals surface area contributed by atoms with E-state index in [1.807, 2.05) is 0 Å². The molecule has 2 amide bonds. The number of hydrogen-bond acceptors (Lipinski definition) is 3. The largest absolute Gasteiger partial charge is 0.496 e. The van der Waals surface area contributed by atoms with Crippen molar-refractivity contribution in [1.82, 2.24) is 4.90 Å². The number of amides is 2. The lowest BCUT2D eigenvalue weighted by Crippen LogP contribution is -2.37. The zero-order chi connectivity index (χ0) is 17.2. The number of carbonyl (C=O) groups is 2. The molecule has 0 radical (unpaired) electrons. The Hall–Kier alpha value is -2.25. The second-order valence-electron chi connectivity index (χ2n) is 5.44. The molecule has 0 spiro atoms. The van der Waals surface area contributed by atoms with Gasteiger partial charge in [-0.2, -0.15) is 13.2 Å². The molecular formula is C15H17F3N2O3. The number of likely N-dealkylation sites (tertiary alicyclic amines) is 1. The zero-order valence-electron chi connectivity index (χ0n) is 12.5. The van der Waals surface area contributed by atoms with E-state index in [4.69, 9.17) is 10.5 Å². The minimum atomic E-state index is -4.57. The van der Waals surface area contributed by atoms with Crippen molar-refractivity contribution >= 4 is 11.8 Å². The van der Waals surface area contributed by atoms with Crippen molar-refractivity contribution in [3.63, 3.8) is 0 Å². The molecule has 1 saturated heterocycles. The van der Waals surface area contributed by atoms with E-state index in [0.717, 1.165) is 4.90 Å². The van der Waals surface area contributed by atoms with E-state index in [2.05, 4.69) is 0 Å². The lowest BCUT2D eigenvalue weighted by atomic mass is 9.95. The summed E-state index contributed by atoms with van der Waals surface area (Å²) in [4.78, 5) is 24.6. The maximum atomic E-state index is 13.0. The van der Waals surface area contributed by atoms with Crippen LogP contribution in [0.4, 0.5) is 13.2 Å². The highest BCUT2D eigenvalue weighted by Gasteiger charge is 2.52. The Bertz CT molecular complexity index is 604. The maximum Gasteiger partial charge on any atom is 0.394 e. The van der Waals surface area contributed by atoms with Crippen LogP contribution in [0.3, 0.4) is 0 Å². The fourth-order valence-corrected chi connectivity index (χ4v) is 2.75. The normalized spacial score (nSPS) is 21.3. The van der Waals surface area contributed by atoms with Gasteiger partial charge in [0, 0.05) is 18.7 Å². The van der Waals surface area contributed by atoms with Crippen LogP contribution < -0.4 is 10.5 Å². The van der Waals surface area contributed by atoms with E-state index < -0.39 is 36.4 Å². The van der Waals surface area contributed by atoms with Gasteiger partial charge in [-0.05, 0) is 6.07 Å². The highest BCUT2D eigenvalue weighted by Crippen LogP contribution is 2.37. The van der Waals surface area contributed by atoms with Crippen molar-refractivity contribution < 1.29 is 27.5 Å².